The van der Waals surface area contributed by atoms with Gasteiger partial charge in [-0.2, -0.15) is 0 Å². The van der Waals surface area contributed by atoms with Gasteiger partial charge in [0.15, 0.2) is 6.10 Å². The summed E-state index contributed by atoms with van der Waals surface area (Å²) in [5.41, 5.74) is 2.70. The molecule has 116 valence electrons. The van der Waals surface area contributed by atoms with Crippen molar-refractivity contribution in [1.82, 2.24) is 0 Å². The third-order valence-corrected chi connectivity index (χ3v) is 4.08. The van der Waals surface area contributed by atoms with Crippen molar-refractivity contribution in [3.8, 4) is 5.75 Å². The molecule has 0 spiro atoms. The fourth-order valence-corrected chi connectivity index (χ4v) is 3.00. The predicted molar refractivity (Wildman–Crippen MR) is 81.6 cm³/mol. The van der Waals surface area contributed by atoms with Gasteiger partial charge < -0.3 is 14.3 Å². The average Bonchev–Trinajstić information content (AvgIpc) is 2.46. The Kier molecular flexibility index (Phi) is 3.64. The van der Waals surface area contributed by atoms with Crippen molar-refractivity contribution in [1.29, 1.82) is 0 Å². The first-order valence-electron chi connectivity index (χ1n) is 7.46. The van der Waals surface area contributed by atoms with Crippen LogP contribution in [0, 0.1) is 6.92 Å². The van der Waals surface area contributed by atoms with Gasteiger partial charge in [0.25, 0.3) is 0 Å². The van der Waals surface area contributed by atoms with Crippen LogP contribution in [0.4, 0.5) is 0 Å². The Morgan fingerprint density at radius 1 is 1.27 bits per heavy atom. The highest BCUT2D eigenvalue weighted by Crippen LogP contribution is 2.35. The summed E-state index contributed by atoms with van der Waals surface area (Å²) >= 11 is 0. The number of aliphatic carboxylic acids is 1. The molecule has 0 saturated heterocycles. The van der Waals surface area contributed by atoms with Crippen LogP contribution < -0.4 is 10.4 Å². The normalized spacial score (nSPS) is 15.4. The van der Waals surface area contributed by atoms with Gasteiger partial charge in [0.05, 0.1) is 5.39 Å². The van der Waals surface area contributed by atoms with Crippen molar-refractivity contribution in [3.63, 3.8) is 0 Å². The first kappa shape index (κ1) is 14.6. The molecule has 0 amide bonds. The molecule has 0 saturated carbocycles. The molecule has 3 rings (SSSR count). The summed E-state index contributed by atoms with van der Waals surface area (Å²) in [5, 5.41) is 9.81. The van der Waals surface area contributed by atoms with Crippen LogP contribution in [-0.2, 0) is 17.6 Å². The predicted octanol–water partition coefficient (Wildman–Crippen LogP) is 2.83. The molecular formula is C17H18O5. The van der Waals surface area contributed by atoms with Gasteiger partial charge in [-0.3, -0.25) is 0 Å². The summed E-state index contributed by atoms with van der Waals surface area (Å²) in [4.78, 5) is 23.2. The maximum absolute atomic E-state index is 12.1. The number of rotatable bonds is 3. The number of ether oxygens (including phenoxy) is 1. The standard InChI is InChI=1S/C17H18O5/c1-9-7-13(21-10(2)16(18)19)15-11-5-3-4-6-12(11)17(20)22-14(15)8-9/h7-8,10H,3-6H2,1-2H3,(H,18,19)/t10-/m1/s1. The van der Waals surface area contributed by atoms with Crippen molar-refractivity contribution >= 4 is 16.9 Å². The Morgan fingerprint density at radius 3 is 2.64 bits per heavy atom. The second-order valence-electron chi connectivity index (χ2n) is 5.79. The second kappa shape index (κ2) is 5.48. The van der Waals surface area contributed by atoms with E-state index >= 15 is 0 Å². The molecule has 2 aromatic rings. The molecule has 1 aromatic carbocycles. The largest absolute Gasteiger partial charge is 0.479 e. The van der Waals surface area contributed by atoms with Crippen molar-refractivity contribution in [2.75, 3.05) is 0 Å². The van der Waals surface area contributed by atoms with Crippen molar-refractivity contribution < 1.29 is 19.1 Å². The van der Waals surface area contributed by atoms with Crippen LogP contribution in [-0.4, -0.2) is 17.2 Å². The molecule has 0 radical (unpaired) electrons. The summed E-state index contributed by atoms with van der Waals surface area (Å²) in [6, 6.07) is 3.60. The van der Waals surface area contributed by atoms with Crippen LogP contribution >= 0.6 is 0 Å². The molecular weight excluding hydrogens is 284 g/mol. The van der Waals surface area contributed by atoms with Gasteiger partial charge in [0.1, 0.15) is 11.3 Å². The van der Waals surface area contributed by atoms with E-state index in [0.717, 1.165) is 35.8 Å². The van der Waals surface area contributed by atoms with E-state index in [0.29, 0.717) is 23.3 Å². The van der Waals surface area contributed by atoms with Gasteiger partial charge in [-0.15, -0.1) is 0 Å². The van der Waals surface area contributed by atoms with E-state index in [1.165, 1.54) is 6.92 Å². The van der Waals surface area contributed by atoms with Crippen LogP contribution in [0.2, 0.25) is 0 Å². The topological polar surface area (TPSA) is 76.7 Å². The highest BCUT2D eigenvalue weighted by molar-refractivity contribution is 5.89. The van der Waals surface area contributed by atoms with Crippen LogP contribution in [0.25, 0.3) is 11.0 Å². The molecule has 5 nitrogen and oxygen atoms in total. The molecule has 22 heavy (non-hydrogen) atoms. The van der Waals surface area contributed by atoms with E-state index in [1.54, 1.807) is 12.1 Å². The zero-order valence-electron chi connectivity index (χ0n) is 12.6. The number of carbonyl (C=O) groups is 1. The summed E-state index contributed by atoms with van der Waals surface area (Å²) < 4.78 is 11.1. The lowest BCUT2D eigenvalue weighted by Crippen LogP contribution is -2.23. The van der Waals surface area contributed by atoms with Gasteiger partial charge in [-0.05, 0) is 62.8 Å². The van der Waals surface area contributed by atoms with Gasteiger partial charge in [-0.25, -0.2) is 9.59 Å². The number of benzene rings is 1. The maximum Gasteiger partial charge on any atom is 0.344 e. The lowest BCUT2D eigenvalue weighted by atomic mass is 9.90. The molecule has 0 aliphatic heterocycles. The first-order valence-corrected chi connectivity index (χ1v) is 7.46. The van der Waals surface area contributed by atoms with Crippen LogP contribution in [0.1, 0.15) is 36.5 Å². The summed E-state index contributed by atoms with van der Waals surface area (Å²) in [6.07, 6.45) is 2.51. The molecule has 1 heterocycles. The van der Waals surface area contributed by atoms with E-state index in [4.69, 9.17) is 14.3 Å². The highest BCUT2D eigenvalue weighted by Gasteiger charge is 2.23. The minimum atomic E-state index is -1.03. The summed E-state index contributed by atoms with van der Waals surface area (Å²) in [6.45, 7) is 3.35. The fourth-order valence-electron chi connectivity index (χ4n) is 3.00. The minimum absolute atomic E-state index is 0.287. The number of aryl methyl sites for hydroxylation is 2. The van der Waals surface area contributed by atoms with Gasteiger partial charge in [0, 0.05) is 5.56 Å². The van der Waals surface area contributed by atoms with Crippen molar-refractivity contribution in [2.45, 2.75) is 45.6 Å². The number of carboxylic acid groups (broad SMARTS) is 1. The second-order valence-corrected chi connectivity index (χ2v) is 5.79. The average molecular weight is 302 g/mol. The van der Waals surface area contributed by atoms with Crippen LogP contribution in [0.5, 0.6) is 5.75 Å². The first-order chi connectivity index (χ1) is 10.5. The number of fused-ring (bicyclic) bond motifs is 3. The molecule has 0 unspecified atom stereocenters. The molecule has 1 N–H and O–H groups in total. The lowest BCUT2D eigenvalue weighted by molar-refractivity contribution is -0.144. The van der Waals surface area contributed by atoms with E-state index in [9.17, 15) is 9.59 Å². The van der Waals surface area contributed by atoms with E-state index in [1.807, 2.05) is 6.92 Å². The smallest absolute Gasteiger partial charge is 0.344 e. The van der Waals surface area contributed by atoms with Crippen LogP contribution in [0.3, 0.4) is 0 Å². The van der Waals surface area contributed by atoms with Crippen molar-refractivity contribution in [2.24, 2.45) is 0 Å². The molecule has 1 aliphatic carbocycles. The SMILES string of the molecule is Cc1cc(O[C@H](C)C(=O)O)c2c3c(c(=O)oc2c1)CCCC3. The summed E-state index contributed by atoms with van der Waals surface area (Å²) in [5.74, 6) is -0.548. The highest BCUT2D eigenvalue weighted by atomic mass is 16.5. The molecule has 0 fully saturated rings. The Morgan fingerprint density at radius 2 is 1.95 bits per heavy atom. The van der Waals surface area contributed by atoms with Gasteiger partial charge >= 0.3 is 11.6 Å². The fraction of sp³-hybridized carbons (Fsp3) is 0.412. The Hall–Kier alpha value is -2.30. The van der Waals surface area contributed by atoms with E-state index < -0.39 is 12.1 Å². The quantitative estimate of drug-likeness (QED) is 0.882. The Balaban J connectivity index is 2.26. The van der Waals surface area contributed by atoms with E-state index in [-0.39, 0.29) is 5.63 Å². The molecule has 0 bridgehead atoms. The third-order valence-electron chi connectivity index (χ3n) is 4.08. The van der Waals surface area contributed by atoms with E-state index in [2.05, 4.69) is 0 Å². The third kappa shape index (κ3) is 2.47. The number of hydrogen-bond donors (Lipinski definition) is 1. The molecule has 1 aromatic heterocycles. The minimum Gasteiger partial charge on any atom is -0.479 e. The van der Waals surface area contributed by atoms with Crippen LogP contribution in [0.15, 0.2) is 21.3 Å². The number of hydrogen-bond acceptors (Lipinski definition) is 4. The molecule has 5 heteroatoms. The summed E-state index contributed by atoms with van der Waals surface area (Å²) in [7, 11) is 0. The number of carboxylic acids is 1. The lowest BCUT2D eigenvalue weighted by Gasteiger charge is -2.20. The maximum atomic E-state index is 12.1. The monoisotopic (exact) mass is 302 g/mol. The molecule has 1 aliphatic rings. The van der Waals surface area contributed by atoms with Gasteiger partial charge in [-0.1, -0.05) is 0 Å². The van der Waals surface area contributed by atoms with Crippen molar-refractivity contribution in [3.05, 3.63) is 39.2 Å². The van der Waals surface area contributed by atoms with Gasteiger partial charge in [0.2, 0.25) is 0 Å². The Labute approximate surface area is 127 Å². The zero-order chi connectivity index (χ0) is 15.9. The molecule has 1 atom stereocenters. The zero-order valence-corrected chi connectivity index (χ0v) is 12.6. The Bertz CT molecular complexity index is 803.